The van der Waals surface area contributed by atoms with Crippen LogP contribution in [0.3, 0.4) is 0 Å². The maximum Gasteiger partial charge on any atom is 0.276 e. The fraction of sp³-hybridized carbons (Fsp3) is 0.933. The molecule has 2 fully saturated rings. The molecule has 2 aliphatic rings. The Morgan fingerprint density at radius 3 is 2.70 bits per heavy atom. The van der Waals surface area contributed by atoms with E-state index in [0.29, 0.717) is 25.0 Å². The molecular formula is C15H28N4O4. The van der Waals surface area contributed by atoms with E-state index in [1.54, 1.807) is 0 Å². The minimum atomic E-state index is -0.627. The van der Waals surface area contributed by atoms with Gasteiger partial charge < -0.3 is 19.3 Å². The molecule has 2 rings (SSSR count). The number of ether oxygens (including phenoxy) is 2. The zero-order chi connectivity index (χ0) is 17.2. The molecule has 23 heavy (non-hydrogen) atoms. The van der Waals surface area contributed by atoms with Gasteiger partial charge in [-0.05, 0) is 41.0 Å². The van der Waals surface area contributed by atoms with Gasteiger partial charge in [0.25, 0.3) is 5.96 Å². The maximum atomic E-state index is 10.9. The molecule has 0 radical (unpaired) electrons. The molecule has 0 aromatic heterocycles. The van der Waals surface area contributed by atoms with Gasteiger partial charge in [-0.2, -0.15) is 0 Å². The van der Waals surface area contributed by atoms with Crippen LogP contribution in [0.25, 0.3) is 0 Å². The Kier molecular flexibility index (Phi) is 5.46. The van der Waals surface area contributed by atoms with Crippen LogP contribution >= 0.6 is 0 Å². The van der Waals surface area contributed by atoms with Crippen LogP contribution in [0.5, 0.6) is 0 Å². The predicted octanol–water partition coefficient (Wildman–Crippen LogP) is 1.74. The lowest BCUT2D eigenvalue weighted by Gasteiger charge is -2.32. The summed E-state index contributed by atoms with van der Waals surface area (Å²) in [5.41, 5.74) is -0.318. The van der Waals surface area contributed by atoms with Crippen LogP contribution < -0.4 is 0 Å². The molecule has 0 amide bonds. The van der Waals surface area contributed by atoms with E-state index in [2.05, 4.69) is 12.0 Å². The highest BCUT2D eigenvalue weighted by Gasteiger charge is 2.36. The number of nitro groups is 1. The SMILES string of the molecule is CC1CC(CN2CCN(C(C)OC(C)(C)C)C2=N[N+](=O)[O-])CO1. The zero-order valence-corrected chi connectivity index (χ0v) is 14.7. The third kappa shape index (κ3) is 5.04. The summed E-state index contributed by atoms with van der Waals surface area (Å²) in [6.07, 6.45) is 0.978. The Balaban J connectivity index is 2.07. The standard InChI is InChI=1S/C15H28N4O4/c1-11-8-13(10-22-11)9-17-6-7-18(14(17)16-19(20)21)12(2)23-15(3,4)5/h11-13H,6-10H2,1-5H3. The van der Waals surface area contributed by atoms with Crippen LogP contribution in [0.2, 0.25) is 0 Å². The summed E-state index contributed by atoms with van der Waals surface area (Å²) in [4.78, 5) is 14.8. The van der Waals surface area contributed by atoms with E-state index in [0.717, 1.165) is 19.5 Å². The van der Waals surface area contributed by atoms with Gasteiger partial charge >= 0.3 is 0 Å². The van der Waals surface area contributed by atoms with Gasteiger partial charge in [-0.15, -0.1) is 0 Å². The van der Waals surface area contributed by atoms with Gasteiger partial charge in [0.05, 0.1) is 18.3 Å². The smallest absolute Gasteiger partial charge is 0.276 e. The van der Waals surface area contributed by atoms with Crippen molar-refractivity contribution < 1.29 is 14.5 Å². The van der Waals surface area contributed by atoms with Gasteiger partial charge in [0.1, 0.15) is 11.3 Å². The highest BCUT2D eigenvalue weighted by Crippen LogP contribution is 2.24. The van der Waals surface area contributed by atoms with Crippen molar-refractivity contribution in [2.45, 2.75) is 59.0 Å². The maximum absolute atomic E-state index is 10.9. The Hall–Kier alpha value is -1.41. The van der Waals surface area contributed by atoms with E-state index in [1.165, 1.54) is 0 Å². The van der Waals surface area contributed by atoms with Crippen LogP contribution in [0.1, 0.15) is 41.0 Å². The number of rotatable bonds is 5. The molecule has 2 saturated heterocycles. The highest BCUT2D eigenvalue weighted by molar-refractivity contribution is 5.81. The van der Waals surface area contributed by atoms with Crippen LogP contribution in [0.15, 0.2) is 5.10 Å². The lowest BCUT2D eigenvalue weighted by atomic mass is 10.1. The number of nitrogens with zero attached hydrogens (tertiary/aromatic N) is 4. The summed E-state index contributed by atoms with van der Waals surface area (Å²) in [7, 11) is 0. The summed E-state index contributed by atoms with van der Waals surface area (Å²) in [6.45, 7) is 12.7. The lowest BCUT2D eigenvalue weighted by Crippen LogP contribution is -2.44. The average Bonchev–Trinajstić information content (AvgIpc) is 2.95. The normalized spacial score (nSPS) is 28.7. The molecule has 0 N–H and O–H groups in total. The van der Waals surface area contributed by atoms with Gasteiger partial charge in [-0.3, -0.25) is 0 Å². The number of hydrogen-bond donors (Lipinski definition) is 0. The summed E-state index contributed by atoms with van der Waals surface area (Å²) in [5.74, 6) is 0.784. The first-order valence-corrected chi connectivity index (χ1v) is 8.19. The largest absolute Gasteiger partial charge is 0.378 e. The minimum Gasteiger partial charge on any atom is -0.378 e. The van der Waals surface area contributed by atoms with E-state index in [1.807, 2.05) is 37.5 Å². The van der Waals surface area contributed by atoms with Gasteiger partial charge in [-0.1, -0.05) is 0 Å². The molecule has 2 heterocycles. The molecule has 0 spiro atoms. The first kappa shape index (κ1) is 17.9. The summed E-state index contributed by atoms with van der Waals surface area (Å²) >= 11 is 0. The molecule has 8 nitrogen and oxygen atoms in total. The van der Waals surface area contributed by atoms with E-state index in [9.17, 15) is 10.1 Å². The van der Waals surface area contributed by atoms with E-state index < -0.39 is 5.03 Å². The van der Waals surface area contributed by atoms with Crippen molar-refractivity contribution in [2.75, 3.05) is 26.2 Å². The zero-order valence-electron chi connectivity index (χ0n) is 14.7. The first-order valence-electron chi connectivity index (χ1n) is 8.19. The highest BCUT2D eigenvalue weighted by atomic mass is 16.7. The molecule has 3 unspecified atom stereocenters. The molecule has 8 heteroatoms. The van der Waals surface area contributed by atoms with Gasteiger partial charge in [0.15, 0.2) is 5.03 Å². The van der Waals surface area contributed by atoms with Crippen LogP contribution in [-0.2, 0) is 9.47 Å². The van der Waals surface area contributed by atoms with Gasteiger partial charge in [-0.25, -0.2) is 10.1 Å². The summed E-state index contributed by atoms with van der Waals surface area (Å²) in [6, 6.07) is 0. The van der Waals surface area contributed by atoms with Crippen LogP contribution in [0, 0.1) is 16.0 Å². The molecule has 132 valence electrons. The second-order valence-electron chi connectivity index (χ2n) is 7.35. The van der Waals surface area contributed by atoms with Crippen molar-refractivity contribution >= 4 is 5.96 Å². The monoisotopic (exact) mass is 328 g/mol. The molecular weight excluding hydrogens is 300 g/mol. The van der Waals surface area contributed by atoms with E-state index in [4.69, 9.17) is 9.47 Å². The molecule has 0 aromatic carbocycles. The number of hydrogen-bond acceptors (Lipinski definition) is 4. The van der Waals surface area contributed by atoms with E-state index in [-0.39, 0.29) is 17.9 Å². The van der Waals surface area contributed by atoms with Crippen molar-refractivity contribution in [3.8, 4) is 0 Å². The lowest BCUT2D eigenvalue weighted by molar-refractivity contribution is -0.486. The molecule has 0 aromatic rings. The van der Waals surface area contributed by atoms with Crippen molar-refractivity contribution in [3.63, 3.8) is 0 Å². The summed E-state index contributed by atoms with van der Waals surface area (Å²) in [5, 5.41) is 13.9. The van der Waals surface area contributed by atoms with E-state index >= 15 is 0 Å². The Bertz CT molecular complexity index is 463. The Morgan fingerprint density at radius 2 is 2.17 bits per heavy atom. The van der Waals surface area contributed by atoms with Crippen molar-refractivity contribution in [1.29, 1.82) is 0 Å². The third-order valence-electron chi connectivity index (χ3n) is 4.04. The molecule has 2 aliphatic heterocycles. The fourth-order valence-corrected chi connectivity index (χ4v) is 3.24. The Morgan fingerprint density at radius 1 is 1.48 bits per heavy atom. The predicted molar refractivity (Wildman–Crippen MR) is 86.5 cm³/mol. The molecule has 0 saturated carbocycles. The first-order chi connectivity index (χ1) is 10.7. The minimum absolute atomic E-state index is 0.262. The van der Waals surface area contributed by atoms with Crippen molar-refractivity contribution in [3.05, 3.63) is 10.1 Å². The van der Waals surface area contributed by atoms with Crippen LogP contribution in [-0.4, -0.2) is 65.0 Å². The second-order valence-corrected chi connectivity index (χ2v) is 7.35. The quantitative estimate of drug-likeness (QED) is 0.565. The fourth-order valence-electron chi connectivity index (χ4n) is 3.24. The number of hydrazone groups is 1. The number of guanidine groups is 1. The topological polar surface area (TPSA) is 80.4 Å². The molecule has 0 bridgehead atoms. The van der Waals surface area contributed by atoms with Crippen LogP contribution in [0.4, 0.5) is 0 Å². The van der Waals surface area contributed by atoms with Gasteiger partial charge in [0, 0.05) is 25.6 Å². The Labute approximate surface area is 137 Å². The van der Waals surface area contributed by atoms with Crippen molar-refractivity contribution in [1.82, 2.24) is 9.80 Å². The van der Waals surface area contributed by atoms with Crippen molar-refractivity contribution in [2.24, 2.45) is 11.0 Å². The second kappa shape index (κ2) is 7.00. The molecule has 3 atom stereocenters. The molecule has 0 aliphatic carbocycles. The van der Waals surface area contributed by atoms with Gasteiger partial charge in [0.2, 0.25) is 0 Å². The average molecular weight is 328 g/mol. The summed E-state index contributed by atoms with van der Waals surface area (Å²) < 4.78 is 11.5. The third-order valence-corrected chi connectivity index (χ3v) is 4.04.